The van der Waals surface area contributed by atoms with E-state index in [2.05, 4.69) is 10.3 Å². The Labute approximate surface area is 144 Å². The van der Waals surface area contributed by atoms with Crippen molar-refractivity contribution in [2.24, 2.45) is 5.92 Å². The maximum Gasteiger partial charge on any atom is 0.326 e. The predicted octanol–water partition coefficient (Wildman–Crippen LogP) is 2.88. The van der Waals surface area contributed by atoms with Crippen LogP contribution < -0.4 is 10.1 Å². The molecule has 0 bridgehead atoms. The van der Waals surface area contributed by atoms with E-state index in [1.807, 2.05) is 13.8 Å². The normalized spacial score (nSPS) is 12.2. The molecule has 2 rings (SSSR count). The third-order valence-electron chi connectivity index (χ3n) is 3.38. The van der Waals surface area contributed by atoms with E-state index in [1.165, 1.54) is 0 Å². The van der Waals surface area contributed by atoms with Crippen molar-refractivity contribution in [2.75, 3.05) is 6.61 Å². The van der Waals surface area contributed by atoms with E-state index in [9.17, 15) is 9.59 Å². The second-order valence-electron chi connectivity index (χ2n) is 5.82. The number of aromatic nitrogens is 1. The number of carboxylic acid groups (broad SMARTS) is 1. The smallest absolute Gasteiger partial charge is 0.326 e. The number of hydrogen-bond acceptors (Lipinski definition) is 4. The molecule has 0 unspecified atom stereocenters. The summed E-state index contributed by atoms with van der Waals surface area (Å²) in [7, 11) is 0. The van der Waals surface area contributed by atoms with Crippen LogP contribution in [0.1, 0.15) is 20.3 Å². The molecule has 0 saturated carbocycles. The highest BCUT2D eigenvalue weighted by atomic mass is 35.5. The fourth-order valence-corrected chi connectivity index (χ4v) is 2.52. The Morgan fingerprint density at radius 1 is 1.33 bits per heavy atom. The molecule has 1 atom stereocenters. The molecule has 0 aliphatic rings. The number of pyridine rings is 1. The molecule has 2 N–H and O–H groups in total. The Hall–Kier alpha value is -2.34. The van der Waals surface area contributed by atoms with Gasteiger partial charge in [-0.1, -0.05) is 25.4 Å². The van der Waals surface area contributed by atoms with Crippen LogP contribution in [0.5, 0.6) is 5.75 Å². The van der Waals surface area contributed by atoms with Gasteiger partial charge in [0.05, 0.1) is 5.02 Å². The van der Waals surface area contributed by atoms with Gasteiger partial charge in [0.1, 0.15) is 17.3 Å². The van der Waals surface area contributed by atoms with Gasteiger partial charge in [-0.15, -0.1) is 0 Å². The molecule has 2 aromatic rings. The van der Waals surface area contributed by atoms with E-state index < -0.39 is 17.9 Å². The average molecular weight is 351 g/mol. The number of ether oxygens (including phenoxy) is 1. The summed E-state index contributed by atoms with van der Waals surface area (Å²) in [4.78, 5) is 27.4. The number of carbonyl (C=O) groups is 2. The minimum atomic E-state index is -1.06. The number of fused-ring (bicyclic) bond motifs is 1. The van der Waals surface area contributed by atoms with E-state index in [0.29, 0.717) is 22.7 Å². The van der Waals surface area contributed by atoms with Crippen molar-refractivity contribution in [1.82, 2.24) is 10.3 Å². The molecule has 24 heavy (non-hydrogen) atoms. The molecular formula is C17H19ClN2O4. The van der Waals surface area contributed by atoms with Crippen molar-refractivity contribution in [1.29, 1.82) is 0 Å². The lowest BCUT2D eigenvalue weighted by atomic mass is 10.0. The van der Waals surface area contributed by atoms with Crippen LogP contribution >= 0.6 is 11.6 Å². The van der Waals surface area contributed by atoms with Crippen molar-refractivity contribution < 1.29 is 19.4 Å². The lowest BCUT2D eigenvalue weighted by Gasteiger charge is -2.17. The zero-order valence-electron chi connectivity index (χ0n) is 13.5. The van der Waals surface area contributed by atoms with Crippen molar-refractivity contribution in [3.05, 3.63) is 35.5 Å². The molecule has 0 fully saturated rings. The number of aliphatic carboxylic acids is 1. The zero-order valence-corrected chi connectivity index (χ0v) is 14.2. The standard InChI is InChI=1S/C17H19ClN2O4/c1-10(2)8-13(17(22)23)20-15(21)9-24-14-6-5-12(18)11-4-3-7-19-16(11)14/h3-7,10,13H,8-9H2,1-2H3,(H,20,21)(H,22,23)/t13-/m0/s1. The summed E-state index contributed by atoms with van der Waals surface area (Å²) >= 11 is 6.10. The Morgan fingerprint density at radius 2 is 2.08 bits per heavy atom. The average Bonchev–Trinajstić information content (AvgIpc) is 2.53. The highest BCUT2D eigenvalue weighted by Crippen LogP contribution is 2.29. The second kappa shape index (κ2) is 7.97. The first-order chi connectivity index (χ1) is 11.4. The van der Waals surface area contributed by atoms with E-state index in [1.54, 1.807) is 30.5 Å². The molecule has 7 heteroatoms. The van der Waals surface area contributed by atoms with Crippen molar-refractivity contribution in [2.45, 2.75) is 26.3 Å². The van der Waals surface area contributed by atoms with Gasteiger partial charge in [-0.25, -0.2) is 4.79 Å². The summed E-state index contributed by atoms with van der Waals surface area (Å²) in [5.74, 6) is -0.990. The third-order valence-corrected chi connectivity index (χ3v) is 3.71. The summed E-state index contributed by atoms with van der Waals surface area (Å²) in [6.45, 7) is 3.49. The van der Waals surface area contributed by atoms with Crippen LogP contribution in [-0.2, 0) is 9.59 Å². The van der Waals surface area contributed by atoms with Gasteiger partial charge in [0.2, 0.25) is 0 Å². The van der Waals surface area contributed by atoms with Gasteiger partial charge >= 0.3 is 5.97 Å². The number of carboxylic acids is 1. The molecule has 0 aliphatic carbocycles. The molecule has 1 aromatic carbocycles. The minimum Gasteiger partial charge on any atom is -0.481 e. The second-order valence-corrected chi connectivity index (χ2v) is 6.23. The summed E-state index contributed by atoms with van der Waals surface area (Å²) in [6, 6.07) is 5.93. The van der Waals surface area contributed by atoms with Crippen LogP contribution in [-0.4, -0.2) is 34.6 Å². The van der Waals surface area contributed by atoms with Crippen molar-refractivity contribution in [3.8, 4) is 5.75 Å². The number of hydrogen-bond donors (Lipinski definition) is 2. The van der Waals surface area contributed by atoms with Gasteiger partial charge in [-0.2, -0.15) is 0 Å². The highest BCUT2D eigenvalue weighted by molar-refractivity contribution is 6.35. The van der Waals surface area contributed by atoms with Crippen LogP contribution in [0.4, 0.5) is 0 Å². The Morgan fingerprint density at radius 3 is 2.75 bits per heavy atom. The monoisotopic (exact) mass is 350 g/mol. The number of benzene rings is 1. The van der Waals surface area contributed by atoms with Gasteiger partial charge in [0.15, 0.2) is 6.61 Å². The summed E-state index contributed by atoms with van der Waals surface area (Å²) in [6.07, 6.45) is 1.96. The molecule has 128 valence electrons. The van der Waals surface area contributed by atoms with E-state index >= 15 is 0 Å². The third kappa shape index (κ3) is 4.58. The number of amides is 1. The maximum atomic E-state index is 12.0. The number of nitrogens with one attached hydrogen (secondary N) is 1. The highest BCUT2D eigenvalue weighted by Gasteiger charge is 2.21. The number of rotatable bonds is 7. The van der Waals surface area contributed by atoms with Gasteiger partial charge in [-0.05, 0) is 36.6 Å². The number of halogens is 1. The molecule has 1 aromatic heterocycles. The van der Waals surface area contributed by atoms with E-state index in [0.717, 1.165) is 5.39 Å². The van der Waals surface area contributed by atoms with Crippen LogP contribution in [0, 0.1) is 5.92 Å². The summed E-state index contributed by atoms with van der Waals surface area (Å²) in [5, 5.41) is 12.9. The van der Waals surface area contributed by atoms with Gasteiger partial charge < -0.3 is 15.2 Å². The predicted molar refractivity (Wildman–Crippen MR) is 91.3 cm³/mol. The van der Waals surface area contributed by atoms with Gasteiger partial charge in [-0.3, -0.25) is 9.78 Å². The quantitative estimate of drug-likeness (QED) is 0.801. The van der Waals surface area contributed by atoms with Crippen LogP contribution in [0.3, 0.4) is 0 Å². The molecule has 0 saturated heterocycles. The van der Waals surface area contributed by atoms with E-state index in [4.69, 9.17) is 21.4 Å². The number of nitrogens with zero attached hydrogens (tertiary/aromatic N) is 1. The number of carbonyl (C=O) groups excluding carboxylic acids is 1. The lowest BCUT2D eigenvalue weighted by molar-refractivity contribution is -0.142. The molecule has 0 aliphatic heterocycles. The zero-order chi connectivity index (χ0) is 17.7. The summed E-state index contributed by atoms with van der Waals surface area (Å²) < 4.78 is 5.50. The Balaban J connectivity index is 2.04. The van der Waals surface area contributed by atoms with Crippen LogP contribution in [0.15, 0.2) is 30.5 Å². The molecule has 1 heterocycles. The Bertz CT molecular complexity index is 748. The van der Waals surface area contributed by atoms with E-state index in [-0.39, 0.29) is 12.5 Å². The van der Waals surface area contributed by atoms with Crippen molar-refractivity contribution >= 4 is 34.4 Å². The van der Waals surface area contributed by atoms with Crippen LogP contribution in [0.2, 0.25) is 5.02 Å². The Kier molecular flexibility index (Phi) is 5.98. The topological polar surface area (TPSA) is 88.5 Å². The largest absolute Gasteiger partial charge is 0.481 e. The van der Waals surface area contributed by atoms with Gasteiger partial charge in [0.25, 0.3) is 5.91 Å². The molecule has 1 amide bonds. The first-order valence-electron chi connectivity index (χ1n) is 7.56. The SMILES string of the molecule is CC(C)C[C@H](NC(=O)COc1ccc(Cl)c2cccnc12)C(=O)O. The van der Waals surface area contributed by atoms with Crippen molar-refractivity contribution in [3.63, 3.8) is 0 Å². The first-order valence-corrected chi connectivity index (χ1v) is 7.94. The molecular weight excluding hydrogens is 332 g/mol. The fraction of sp³-hybridized carbons (Fsp3) is 0.353. The summed E-state index contributed by atoms with van der Waals surface area (Å²) in [5.41, 5.74) is 0.551. The lowest BCUT2D eigenvalue weighted by Crippen LogP contribution is -2.43. The fourth-order valence-electron chi connectivity index (χ4n) is 2.30. The van der Waals surface area contributed by atoms with Gasteiger partial charge in [0, 0.05) is 11.6 Å². The first kappa shape index (κ1) is 18.0. The molecule has 0 radical (unpaired) electrons. The molecule has 0 spiro atoms. The molecule has 6 nitrogen and oxygen atoms in total. The maximum absolute atomic E-state index is 12.0. The van der Waals surface area contributed by atoms with Crippen LogP contribution in [0.25, 0.3) is 10.9 Å². The minimum absolute atomic E-state index is 0.150.